The van der Waals surface area contributed by atoms with Crippen LogP contribution in [0.3, 0.4) is 0 Å². The van der Waals surface area contributed by atoms with Crippen molar-refractivity contribution in [1.29, 1.82) is 0 Å². The fourth-order valence-corrected chi connectivity index (χ4v) is 4.80. The Bertz CT molecular complexity index is 1090. The van der Waals surface area contributed by atoms with Crippen molar-refractivity contribution in [3.8, 4) is 11.3 Å². The van der Waals surface area contributed by atoms with Gasteiger partial charge in [-0.05, 0) is 42.7 Å². The Morgan fingerprint density at radius 1 is 1.12 bits per heavy atom. The fraction of sp³-hybridized carbons (Fsp3) is 0.292. The molecule has 1 heterocycles. The molecule has 3 aromatic rings. The van der Waals surface area contributed by atoms with Gasteiger partial charge in [-0.2, -0.15) is 0 Å². The van der Waals surface area contributed by atoms with Crippen LogP contribution in [0.2, 0.25) is 0 Å². The van der Waals surface area contributed by atoms with Crippen molar-refractivity contribution in [3.63, 3.8) is 0 Å². The SMILES string of the molecule is CC(Sc1cccc(NC(=O)CC(C)(C)C)c1)C(=O)Nc1nc(-c2ccc(Br)cc2)cs1. The quantitative estimate of drug-likeness (QED) is 0.320. The van der Waals surface area contributed by atoms with Crippen LogP contribution in [0.1, 0.15) is 34.1 Å². The highest BCUT2D eigenvalue weighted by Crippen LogP contribution is 2.29. The van der Waals surface area contributed by atoms with Gasteiger partial charge in [-0.1, -0.05) is 54.9 Å². The summed E-state index contributed by atoms with van der Waals surface area (Å²) in [6.45, 7) is 7.95. The summed E-state index contributed by atoms with van der Waals surface area (Å²) in [5.41, 5.74) is 2.49. The maximum Gasteiger partial charge on any atom is 0.239 e. The van der Waals surface area contributed by atoms with Crippen molar-refractivity contribution in [2.24, 2.45) is 5.41 Å². The number of thioether (sulfide) groups is 1. The van der Waals surface area contributed by atoms with Crippen molar-refractivity contribution in [2.45, 2.75) is 44.3 Å². The third-order valence-corrected chi connectivity index (χ3v) is 6.75. The van der Waals surface area contributed by atoms with Crippen LogP contribution in [0, 0.1) is 5.41 Å². The number of halogens is 1. The lowest BCUT2D eigenvalue weighted by atomic mass is 9.92. The first-order valence-corrected chi connectivity index (χ1v) is 12.7. The summed E-state index contributed by atoms with van der Waals surface area (Å²) in [5, 5.41) is 8.02. The molecule has 2 amide bonds. The number of rotatable bonds is 7. The van der Waals surface area contributed by atoms with Gasteiger partial charge >= 0.3 is 0 Å². The molecule has 0 fully saturated rings. The van der Waals surface area contributed by atoms with Crippen molar-refractivity contribution >= 4 is 61.7 Å². The molecule has 2 N–H and O–H groups in total. The monoisotopic (exact) mass is 531 g/mol. The maximum absolute atomic E-state index is 12.7. The van der Waals surface area contributed by atoms with E-state index in [9.17, 15) is 9.59 Å². The first-order valence-electron chi connectivity index (χ1n) is 10.2. The molecule has 1 aromatic heterocycles. The van der Waals surface area contributed by atoms with E-state index in [0.717, 1.165) is 26.3 Å². The van der Waals surface area contributed by atoms with Crippen LogP contribution in [0.25, 0.3) is 11.3 Å². The molecule has 5 nitrogen and oxygen atoms in total. The lowest BCUT2D eigenvalue weighted by Gasteiger charge is -2.17. The van der Waals surface area contributed by atoms with Gasteiger partial charge in [0.15, 0.2) is 5.13 Å². The summed E-state index contributed by atoms with van der Waals surface area (Å²) in [7, 11) is 0. The van der Waals surface area contributed by atoms with Crippen LogP contribution in [-0.2, 0) is 9.59 Å². The molecule has 2 aromatic carbocycles. The highest BCUT2D eigenvalue weighted by atomic mass is 79.9. The molecule has 1 atom stereocenters. The van der Waals surface area contributed by atoms with Crippen LogP contribution < -0.4 is 10.6 Å². The first-order chi connectivity index (χ1) is 15.1. The zero-order chi connectivity index (χ0) is 23.3. The molecule has 0 radical (unpaired) electrons. The van der Waals surface area contributed by atoms with E-state index in [2.05, 4.69) is 31.5 Å². The number of aromatic nitrogens is 1. The summed E-state index contributed by atoms with van der Waals surface area (Å²) in [6.07, 6.45) is 0.444. The number of benzene rings is 2. The topological polar surface area (TPSA) is 71.1 Å². The lowest BCUT2D eigenvalue weighted by Crippen LogP contribution is -2.22. The van der Waals surface area contributed by atoms with E-state index in [4.69, 9.17) is 0 Å². The minimum Gasteiger partial charge on any atom is -0.326 e. The van der Waals surface area contributed by atoms with E-state index in [1.807, 2.05) is 81.6 Å². The minimum absolute atomic E-state index is 0.0178. The Morgan fingerprint density at radius 2 is 1.84 bits per heavy atom. The molecular weight excluding hydrogens is 506 g/mol. The Kier molecular flexibility index (Phi) is 8.14. The number of hydrogen-bond donors (Lipinski definition) is 2. The molecule has 8 heteroatoms. The number of amides is 2. The lowest BCUT2D eigenvalue weighted by molar-refractivity contribution is -0.118. The van der Waals surface area contributed by atoms with Crippen molar-refractivity contribution in [2.75, 3.05) is 10.6 Å². The zero-order valence-corrected chi connectivity index (χ0v) is 21.7. The van der Waals surface area contributed by atoms with E-state index in [0.29, 0.717) is 11.6 Å². The van der Waals surface area contributed by atoms with Gasteiger partial charge in [0.1, 0.15) is 0 Å². The fourth-order valence-electron chi connectivity index (χ4n) is 2.88. The van der Waals surface area contributed by atoms with Gasteiger partial charge in [0, 0.05) is 32.4 Å². The van der Waals surface area contributed by atoms with Crippen LogP contribution in [-0.4, -0.2) is 22.0 Å². The third kappa shape index (κ3) is 7.46. The second kappa shape index (κ2) is 10.6. The third-order valence-electron chi connectivity index (χ3n) is 4.37. The summed E-state index contributed by atoms with van der Waals surface area (Å²) < 4.78 is 1.01. The summed E-state index contributed by atoms with van der Waals surface area (Å²) in [6, 6.07) is 15.5. The molecule has 32 heavy (non-hydrogen) atoms. The number of carbonyl (C=O) groups excluding carboxylic acids is 2. The van der Waals surface area contributed by atoms with Crippen molar-refractivity contribution < 1.29 is 9.59 Å². The maximum atomic E-state index is 12.7. The van der Waals surface area contributed by atoms with Gasteiger partial charge in [-0.25, -0.2) is 4.98 Å². The first kappa shape index (κ1) is 24.5. The van der Waals surface area contributed by atoms with Crippen molar-refractivity contribution in [1.82, 2.24) is 4.98 Å². The van der Waals surface area contributed by atoms with E-state index >= 15 is 0 Å². The predicted molar refractivity (Wildman–Crippen MR) is 138 cm³/mol. The summed E-state index contributed by atoms with van der Waals surface area (Å²) in [5.74, 6) is -0.135. The van der Waals surface area contributed by atoms with Gasteiger partial charge in [0.2, 0.25) is 11.8 Å². The van der Waals surface area contributed by atoms with Crippen LogP contribution >= 0.6 is 39.0 Å². The molecule has 0 aliphatic heterocycles. The number of nitrogens with zero attached hydrogens (tertiary/aromatic N) is 1. The number of anilines is 2. The minimum atomic E-state index is -0.324. The molecule has 168 valence electrons. The van der Waals surface area contributed by atoms with E-state index in [1.54, 1.807) is 0 Å². The summed E-state index contributed by atoms with van der Waals surface area (Å²) >= 11 is 6.27. The standard InChI is InChI=1S/C24H26BrN3O2S2/c1-15(32-19-7-5-6-18(12-19)26-21(29)13-24(2,3)4)22(30)28-23-27-20(14-31-23)16-8-10-17(25)11-9-16/h5-12,14-15H,13H2,1-4H3,(H,26,29)(H,27,28,30). The molecule has 0 saturated carbocycles. The average Bonchev–Trinajstić information content (AvgIpc) is 3.15. The molecule has 0 aliphatic rings. The number of nitrogens with one attached hydrogen (secondary N) is 2. The largest absolute Gasteiger partial charge is 0.326 e. The normalized spacial score (nSPS) is 12.3. The highest BCUT2D eigenvalue weighted by molar-refractivity contribution is 9.10. The van der Waals surface area contributed by atoms with Gasteiger partial charge in [-0.15, -0.1) is 23.1 Å². The van der Waals surface area contributed by atoms with Gasteiger partial charge in [0.05, 0.1) is 10.9 Å². The Balaban J connectivity index is 1.58. The van der Waals surface area contributed by atoms with Crippen molar-refractivity contribution in [3.05, 3.63) is 58.4 Å². The predicted octanol–water partition coefficient (Wildman–Crippen LogP) is 7.07. The molecule has 0 aliphatic carbocycles. The van der Waals surface area contributed by atoms with Gasteiger partial charge in [-0.3, -0.25) is 9.59 Å². The number of hydrogen-bond acceptors (Lipinski definition) is 5. The Morgan fingerprint density at radius 3 is 2.53 bits per heavy atom. The van der Waals surface area contributed by atoms with Gasteiger partial charge < -0.3 is 10.6 Å². The molecular formula is C24H26BrN3O2S2. The summed E-state index contributed by atoms with van der Waals surface area (Å²) in [4.78, 5) is 30.3. The molecule has 0 spiro atoms. The smallest absolute Gasteiger partial charge is 0.239 e. The number of carbonyl (C=O) groups is 2. The Labute approximate surface area is 205 Å². The van der Waals surface area contributed by atoms with Crippen LogP contribution in [0.4, 0.5) is 10.8 Å². The molecule has 0 bridgehead atoms. The van der Waals surface area contributed by atoms with Gasteiger partial charge in [0.25, 0.3) is 0 Å². The van der Waals surface area contributed by atoms with Crippen LogP contribution in [0.15, 0.2) is 63.3 Å². The average molecular weight is 533 g/mol. The van der Waals surface area contributed by atoms with Crippen LogP contribution in [0.5, 0.6) is 0 Å². The Hall–Kier alpha value is -2.16. The second-order valence-electron chi connectivity index (χ2n) is 8.61. The van der Waals surface area contributed by atoms with E-state index in [1.165, 1.54) is 23.1 Å². The highest BCUT2D eigenvalue weighted by Gasteiger charge is 2.18. The van der Waals surface area contributed by atoms with E-state index < -0.39 is 0 Å². The second-order valence-corrected chi connectivity index (χ2v) is 11.8. The molecule has 0 saturated heterocycles. The molecule has 3 rings (SSSR count). The van der Waals surface area contributed by atoms with E-state index in [-0.39, 0.29) is 22.5 Å². The zero-order valence-electron chi connectivity index (χ0n) is 18.4. The molecule has 1 unspecified atom stereocenters. The number of thiazole rings is 1.